The molecule has 0 radical (unpaired) electrons. The molecule has 122 valence electrons. The zero-order valence-corrected chi connectivity index (χ0v) is 14.0. The Bertz CT molecular complexity index is 650. The highest BCUT2D eigenvalue weighted by atomic mass is 32.2. The molecule has 7 heteroatoms. The molecule has 0 amide bonds. The third-order valence-corrected chi connectivity index (χ3v) is 6.05. The third-order valence-electron chi connectivity index (χ3n) is 3.99. The van der Waals surface area contributed by atoms with Gasteiger partial charge in [-0.15, -0.1) is 0 Å². The van der Waals surface area contributed by atoms with E-state index in [1.807, 2.05) is 0 Å². The predicted octanol–water partition coefficient (Wildman–Crippen LogP) is 1.11. The van der Waals surface area contributed by atoms with E-state index in [4.69, 9.17) is 0 Å². The average molecular weight is 326 g/mol. The van der Waals surface area contributed by atoms with Gasteiger partial charge in [0.2, 0.25) is 10.0 Å². The minimum atomic E-state index is -3.52. The van der Waals surface area contributed by atoms with Crippen molar-refractivity contribution in [2.45, 2.75) is 18.7 Å². The van der Waals surface area contributed by atoms with Gasteiger partial charge in [-0.3, -0.25) is 0 Å². The second-order valence-electron chi connectivity index (χ2n) is 5.31. The van der Waals surface area contributed by atoms with Crippen molar-refractivity contribution in [1.82, 2.24) is 9.21 Å². The molecule has 0 spiro atoms. The molecule has 0 aromatic heterocycles. The number of hydrogen-bond acceptors (Lipinski definition) is 5. The van der Waals surface area contributed by atoms with E-state index in [-0.39, 0.29) is 4.90 Å². The smallest absolute Gasteiger partial charge is 0.337 e. The maximum absolute atomic E-state index is 12.7. The number of nitrogens with zero attached hydrogens (tertiary/aromatic N) is 2. The SMILES string of the molecule is CCN1CCN(S(=O)(=O)c2ccc(C(=O)OC)cc2C)CC1. The number of carbonyl (C=O) groups is 1. The van der Waals surface area contributed by atoms with Crippen LogP contribution in [-0.2, 0) is 14.8 Å². The van der Waals surface area contributed by atoms with Gasteiger partial charge < -0.3 is 9.64 Å². The Balaban J connectivity index is 2.25. The number of ether oxygens (including phenoxy) is 1. The fourth-order valence-electron chi connectivity index (χ4n) is 2.61. The Hall–Kier alpha value is -1.44. The first-order chi connectivity index (χ1) is 10.4. The summed E-state index contributed by atoms with van der Waals surface area (Å²) in [7, 11) is -2.22. The molecule has 0 bridgehead atoms. The van der Waals surface area contributed by atoms with Crippen LogP contribution in [0.4, 0.5) is 0 Å². The minimum Gasteiger partial charge on any atom is -0.465 e. The molecule has 0 aliphatic carbocycles. The number of sulfonamides is 1. The van der Waals surface area contributed by atoms with E-state index in [1.165, 1.54) is 23.5 Å². The van der Waals surface area contributed by atoms with Gasteiger partial charge in [0, 0.05) is 26.2 Å². The lowest BCUT2D eigenvalue weighted by Crippen LogP contribution is -2.48. The molecular formula is C15H22N2O4S. The largest absolute Gasteiger partial charge is 0.465 e. The van der Waals surface area contributed by atoms with E-state index in [2.05, 4.69) is 16.6 Å². The average Bonchev–Trinajstić information content (AvgIpc) is 2.53. The second kappa shape index (κ2) is 6.76. The highest BCUT2D eigenvalue weighted by Gasteiger charge is 2.29. The van der Waals surface area contributed by atoms with Crippen LogP contribution in [-0.4, -0.2) is 63.4 Å². The van der Waals surface area contributed by atoms with E-state index < -0.39 is 16.0 Å². The quantitative estimate of drug-likeness (QED) is 0.776. The van der Waals surface area contributed by atoms with Crippen LogP contribution in [0.3, 0.4) is 0 Å². The molecule has 1 saturated heterocycles. The first-order valence-electron chi connectivity index (χ1n) is 7.31. The van der Waals surface area contributed by atoms with Crippen LogP contribution in [0.5, 0.6) is 0 Å². The summed E-state index contributed by atoms with van der Waals surface area (Å²) in [6.45, 7) is 7.18. The monoisotopic (exact) mass is 326 g/mol. The lowest BCUT2D eigenvalue weighted by Gasteiger charge is -2.33. The van der Waals surface area contributed by atoms with Gasteiger partial charge in [0.25, 0.3) is 0 Å². The minimum absolute atomic E-state index is 0.255. The topological polar surface area (TPSA) is 66.9 Å². The summed E-state index contributed by atoms with van der Waals surface area (Å²) in [6.07, 6.45) is 0. The molecule has 6 nitrogen and oxygen atoms in total. The van der Waals surface area contributed by atoms with Crippen molar-refractivity contribution in [3.63, 3.8) is 0 Å². The standard InChI is InChI=1S/C15H22N2O4S/c1-4-16-7-9-17(10-8-16)22(19,20)14-6-5-13(11-12(14)2)15(18)21-3/h5-6,11H,4,7-10H2,1-3H3. The lowest BCUT2D eigenvalue weighted by atomic mass is 10.1. The van der Waals surface area contributed by atoms with Gasteiger partial charge in [-0.1, -0.05) is 6.92 Å². The van der Waals surface area contributed by atoms with Crippen LogP contribution in [0.15, 0.2) is 23.1 Å². The van der Waals surface area contributed by atoms with Gasteiger partial charge in [0.15, 0.2) is 0 Å². The van der Waals surface area contributed by atoms with Crippen LogP contribution in [0.2, 0.25) is 0 Å². The molecular weight excluding hydrogens is 304 g/mol. The van der Waals surface area contributed by atoms with E-state index in [9.17, 15) is 13.2 Å². The number of methoxy groups -OCH3 is 1. The highest BCUT2D eigenvalue weighted by molar-refractivity contribution is 7.89. The summed E-state index contributed by atoms with van der Waals surface area (Å²) in [5, 5.41) is 0. The van der Waals surface area contributed by atoms with Crippen LogP contribution in [0.25, 0.3) is 0 Å². The lowest BCUT2D eigenvalue weighted by molar-refractivity contribution is 0.0600. The second-order valence-corrected chi connectivity index (χ2v) is 7.22. The van der Waals surface area contributed by atoms with Crippen LogP contribution >= 0.6 is 0 Å². The number of aryl methyl sites for hydroxylation is 1. The van der Waals surface area contributed by atoms with Gasteiger partial charge in [-0.05, 0) is 37.2 Å². The van der Waals surface area contributed by atoms with Crippen LogP contribution < -0.4 is 0 Å². The van der Waals surface area contributed by atoms with Gasteiger partial charge in [0.05, 0.1) is 17.6 Å². The van der Waals surface area contributed by atoms with Crippen molar-refractivity contribution in [2.24, 2.45) is 0 Å². The summed E-state index contributed by atoms with van der Waals surface area (Å²) >= 11 is 0. The zero-order valence-electron chi connectivity index (χ0n) is 13.2. The highest BCUT2D eigenvalue weighted by Crippen LogP contribution is 2.22. The molecule has 1 aliphatic rings. The number of carbonyl (C=O) groups excluding carboxylic acids is 1. The van der Waals surface area contributed by atoms with Crippen LogP contribution in [0.1, 0.15) is 22.8 Å². The molecule has 1 fully saturated rings. The van der Waals surface area contributed by atoms with E-state index in [1.54, 1.807) is 13.0 Å². The van der Waals surface area contributed by atoms with Gasteiger partial charge in [-0.25, -0.2) is 13.2 Å². The summed E-state index contributed by atoms with van der Waals surface area (Å²) in [5.74, 6) is -0.469. The van der Waals surface area contributed by atoms with Crippen molar-refractivity contribution in [3.05, 3.63) is 29.3 Å². The molecule has 22 heavy (non-hydrogen) atoms. The summed E-state index contributed by atoms with van der Waals surface area (Å²) in [5.41, 5.74) is 0.913. The molecule has 1 aromatic carbocycles. The first kappa shape index (κ1) is 16.9. The number of hydrogen-bond donors (Lipinski definition) is 0. The molecule has 0 unspecified atom stereocenters. The number of piperazine rings is 1. The van der Waals surface area contributed by atoms with E-state index in [0.29, 0.717) is 24.2 Å². The fraction of sp³-hybridized carbons (Fsp3) is 0.533. The van der Waals surface area contributed by atoms with Crippen molar-refractivity contribution >= 4 is 16.0 Å². The molecule has 0 atom stereocenters. The summed E-state index contributed by atoms with van der Waals surface area (Å²) in [4.78, 5) is 14.0. The maximum atomic E-state index is 12.7. The Labute approximate surface area is 131 Å². The molecule has 0 saturated carbocycles. The van der Waals surface area contributed by atoms with Crippen molar-refractivity contribution in [1.29, 1.82) is 0 Å². The molecule has 0 N–H and O–H groups in total. The predicted molar refractivity (Wildman–Crippen MR) is 83.4 cm³/mol. The Morgan fingerprint density at radius 2 is 1.86 bits per heavy atom. The van der Waals surface area contributed by atoms with Gasteiger partial charge >= 0.3 is 5.97 Å². The summed E-state index contributed by atoms with van der Waals surface area (Å²) < 4.78 is 31.7. The third kappa shape index (κ3) is 3.31. The molecule has 1 aromatic rings. The number of rotatable bonds is 4. The van der Waals surface area contributed by atoms with Gasteiger partial charge in [-0.2, -0.15) is 4.31 Å². The molecule has 2 rings (SSSR count). The van der Waals surface area contributed by atoms with E-state index >= 15 is 0 Å². The Morgan fingerprint density at radius 3 is 2.36 bits per heavy atom. The van der Waals surface area contributed by atoms with Crippen molar-refractivity contribution in [2.75, 3.05) is 39.8 Å². The number of benzene rings is 1. The van der Waals surface area contributed by atoms with Gasteiger partial charge in [0.1, 0.15) is 0 Å². The fourth-order valence-corrected chi connectivity index (χ4v) is 4.24. The molecule has 1 aliphatic heterocycles. The first-order valence-corrected chi connectivity index (χ1v) is 8.75. The molecule has 1 heterocycles. The normalized spacial score (nSPS) is 17.4. The summed E-state index contributed by atoms with van der Waals surface area (Å²) in [6, 6.07) is 4.54. The van der Waals surface area contributed by atoms with Crippen LogP contribution in [0, 0.1) is 6.92 Å². The zero-order chi connectivity index (χ0) is 16.3. The van der Waals surface area contributed by atoms with E-state index in [0.717, 1.165) is 19.6 Å². The number of esters is 1. The Kier molecular flexibility index (Phi) is 5.20. The van der Waals surface area contributed by atoms with Crippen molar-refractivity contribution in [3.8, 4) is 0 Å². The maximum Gasteiger partial charge on any atom is 0.337 e. The number of likely N-dealkylation sites (N-methyl/N-ethyl adjacent to an activating group) is 1. The van der Waals surface area contributed by atoms with Crippen molar-refractivity contribution < 1.29 is 17.9 Å². The Morgan fingerprint density at radius 1 is 1.23 bits per heavy atom.